The summed E-state index contributed by atoms with van der Waals surface area (Å²) in [6.45, 7) is 5.73. The van der Waals surface area contributed by atoms with Gasteiger partial charge in [0, 0.05) is 18.7 Å². The van der Waals surface area contributed by atoms with E-state index >= 15 is 0 Å². The zero-order valence-corrected chi connectivity index (χ0v) is 16.7. The van der Waals surface area contributed by atoms with Crippen LogP contribution in [0.2, 0.25) is 0 Å². The Morgan fingerprint density at radius 3 is 2.29 bits per heavy atom. The quantitative estimate of drug-likeness (QED) is 0.333. The van der Waals surface area contributed by atoms with E-state index in [2.05, 4.69) is 5.32 Å². The molecule has 8 nitrogen and oxygen atoms in total. The van der Waals surface area contributed by atoms with Gasteiger partial charge in [0.1, 0.15) is 11.4 Å². The molecule has 0 radical (unpaired) electrons. The predicted octanol–water partition coefficient (Wildman–Crippen LogP) is 4.37. The van der Waals surface area contributed by atoms with Crippen molar-refractivity contribution in [1.29, 1.82) is 0 Å². The first kappa shape index (κ1) is 21.7. The molecular formula is C20H28N2O6. The summed E-state index contributed by atoms with van der Waals surface area (Å²) in [4.78, 5) is 34.7. The van der Waals surface area contributed by atoms with Gasteiger partial charge in [-0.25, -0.2) is 4.79 Å². The van der Waals surface area contributed by atoms with Crippen LogP contribution in [0.3, 0.4) is 0 Å². The largest absolute Gasteiger partial charge is 0.444 e. The third-order valence-electron chi connectivity index (χ3n) is 4.72. The number of nitro groups is 1. The number of alkyl carbamates (subject to hydrolysis) is 1. The van der Waals surface area contributed by atoms with E-state index in [1.807, 2.05) is 0 Å². The highest BCUT2D eigenvalue weighted by Crippen LogP contribution is 2.39. The van der Waals surface area contributed by atoms with E-state index in [4.69, 9.17) is 9.47 Å². The van der Waals surface area contributed by atoms with Gasteiger partial charge in [0.25, 0.3) is 5.69 Å². The van der Waals surface area contributed by atoms with Crippen LogP contribution in [-0.2, 0) is 9.53 Å². The Balaban J connectivity index is 1.97. The normalized spacial score (nSPS) is 16.1. The smallest absolute Gasteiger partial charge is 0.407 e. The van der Waals surface area contributed by atoms with E-state index in [-0.39, 0.29) is 23.3 Å². The molecule has 1 aliphatic rings. The highest BCUT2D eigenvalue weighted by atomic mass is 16.6. The van der Waals surface area contributed by atoms with Crippen LogP contribution in [0.15, 0.2) is 24.3 Å². The predicted molar refractivity (Wildman–Crippen MR) is 103 cm³/mol. The molecule has 0 heterocycles. The third-order valence-corrected chi connectivity index (χ3v) is 4.72. The summed E-state index contributed by atoms with van der Waals surface area (Å²) >= 11 is 0. The van der Waals surface area contributed by atoms with Gasteiger partial charge >= 0.3 is 12.1 Å². The number of carbonyl (C=O) groups is 2. The van der Waals surface area contributed by atoms with E-state index in [1.165, 1.54) is 24.3 Å². The minimum Gasteiger partial charge on any atom is -0.444 e. The lowest BCUT2D eigenvalue weighted by molar-refractivity contribution is -0.384. The molecule has 0 aliphatic heterocycles. The van der Waals surface area contributed by atoms with Crippen molar-refractivity contribution in [2.45, 2.75) is 64.9 Å². The van der Waals surface area contributed by atoms with E-state index < -0.39 is 22.6 Å². The van der Waals surface area contributed by atoms with Gasteiger partial charge in [-0.2, -0.15) is 0 Å². The fourth-order valence-electron chi connectivity index (χ4n) is 3.40. The topological polar surface area (TPSA) is 108 Å². The second kappa shape index (κ2) is 9.03. The van der Waals surface area contributed by atoms with Gasteiger partial charge in [-0.05, 0) is 51.2 Å². The van der Waals surface area contributed by atoms with Gasteiger partial charge in [0.05, 0.1) is 11.3 Å². The van der Waals surface area contributed by atoms with Crippen molar-refractivity contribution >= 4 is 17.7 Å². The molecule has 1 aromatic carbocycles. The number of nitrogens with one attached hydrogen (secondary N) is 1. The zero-order chi connectivity index (χ0) is 20.8. The fraction of sp³-hybridized carbons (Fsp3) is 0.600. The van der Waals surface area contributed by atoms with Crippen molar-refractivity contribution < 1.29 is 24.0 Å². The number of nitrogens with zero attached hydrogens (tertiary/aromatic N) is 1. The van der Waals surface area contributed by atoms with Crippen LogP contribution in [0.4, 0.5) is 10.5 Å². The molecule has 1 aromatic rings. The summed E-state index contributed by atoms with van der Waals surface area (Å²) in [5.41, 5.74) is -1.02. The lowest BCUT2D eigenvalue weighted by atomic mass is 9.71. The lowest BCUT2D eigenvalue weighted by Gasteiger charge is -2.36. The fourth-order valence-corrected chi connectivity index (χ4v) is 3.40. The lowest BCUT2D eigenvalue weighted by Crippen LogP contribution is -2.42. The maximum atomic E-state index is 12.5. The molecule has 1 fully saturated rings. The Morgan fingerprint density at radius 1 is 1.14 bits per heavy atom. The second-order valence-corrected chi connectivity index (χ2v) is 8.32. The van der Waals surface area contributed by atoms with E-state index in [1.54, 1.807) is 20.8 Å². The molecule has 2 rings (SSSR count). The van der Waals surface area contributed by atoms with Crippen molar-refractivity contribution in [1.82, 2.24) is 5.32 Å². The minimum atomic E-state index is -0.585. The van der Waals surface area contributed by atoms with Crippen molar-refractivity contribution in [3.05, 3.63) is 34.4 Å². The molecule has 0 unspecified atom stereocenters. The SMILES string of the molecule is CC(C)(C)OC(=O)NCC1(CC(=O)Oc2ccc([N+](=O)[O-])cc2)CCCCC1. The summed E-state index contributed by atoms with van der Waals surface area (Å²) in [6, 6.07) is 5.40. The number of non-ortho nitro benzene ring substituents is 1. The molecule has 1 aliphatic carbocycles. The van der Waals surface area contributed by atoms with Crippen LogP contribution in [0.25, 0.3) is 0 Å². The summed E-state index contributed by atoms with van der Waals surface area (Å²) in [6.07, 6.45) is 4.38. The number of hydrogen-bond donors (Lipinski definition) is 1. The summed E-state index contributed by atoms with van der Waals surface area (Å²) in [5.74, 6) is -0.150. The highest BCUT2D eigenvalue weighted by Gasteiger charge is 2.36. The van der Waals surface area contributed by atoms with Gasteiger partial charge in [-0.1, -0.05) is 19.3 Å². The Morgan fingerprint density at radius 2 is 1.75 bits per heavy atom. The number of rotatable bonds is 6. The molecule has 1 saturated carbocycles. The first-order valence-electron chi connectivity index (χ1n) is 9.51. The Hall–Kier alpha value is -2.64. The Bertz CT molecular complexity index is 702. The monoisotopic (exact) mass is 392 g/mol. The molecule has 0 atom stereocenters. The van der Waals surface area contributed by atoms with Crippen LogP contribution >= 0.6 is 0 Å². The first-order valence-corrected chi connectivity index (χ1v) is 9.51. The van der Waals surface area contributed by atoms with Gasteiger partial charge in [-0.15, -0.1) is 0 Å². The molecule has 8 heteroatoms. The van der Waals surface area contributed by atoms with Crippen LogP contribution in [0, 0.1) is 15.5 Å². The van der Waals surface area contributed by atoms with Crippen LogP contribution in [0.1, 0.15) is 59.3 Å². The second-order valence-electron chi connectivity index (χ2n) is 8.32. The number of nitro benzene ring substituents is 1. The number of hydrogen-bond acceptors (Lipinski definition) is 6. The number of esters is 1. The van der Waals surface area contributed by atoms with Crippen LogP contribution in [0.5, 0.6) is 5.75 Å². The molecule has 0 saturated heterocycles. The molecule has 28 heavy (non-hydrogen) atoms. The highest BCUT2D eigenvalue weighted by molar-refractivity contribution is 5.73. The number of amides is 1. The van der Waals surface area contributed by atoms with Gasteiger partial charge < -0.3 is 14.8 Å². The number of benzene rings is 1. The number of carbonyl (C=O) groups excluding carboxylic acids is 2. The van der Waals surface area contributed by atoms with Crippen LogP contribution < -0.4 is 10.1 Å². The first-order chi connectivity index (χ1) is 13.1. The zero-order valence-electron chi connectivity index (χ0n) is 16.7. The van der Waals surface area contributed by atoms with Crippen molar-refractivity contribution in [3.63, 3.8) is 0 Å². The van der Waals surface area contributed by atoms with Crippen molar-refractivity contribution in [2.75, 3.05) is 6.54 Å². The van der Waals surface area contributed by atoms with E-state index in [0.717, 1.165) is 32.1 Å². The summed E-state index contributed by atoms with van der Waals surface area (Å²) in [7, 11) is 0. The van der Waals surface area contributed by atoms with Gasteiger partial charge in [-0.3, -0.25) is 14.9 Å². The minimum absolute atomic E-state index is 0.0647. The van der Waals surface area contributed by atoms with Crippen molar-refractivity contribution in [2.24, 2.45) is 5.41 Å². The molecule has 0 aromatic heterocycles. The van der Waals surface area contributed by atoms with Crippen molar-refractivity contribution in [3.8, 4) is 5.75 Å². The van der Waals surface area contributed by atoms with Gasteiger partial charge in [0.15, 0.2) is 0 Å². The molecule has 1 N–H and O–H groups in total. The third kappa shape index (κ3) is 6.83. The molecule has 1 amide bonds. The molecule has 0 bridgehead atoms. The van der Waals surface area contributed by atoms with Crippen LogP contribution in [-0.4, -0.2) is 29.1 Å². The van der Waals surface area contributed by atoms with E-state index in [9.17, 15) is 19.7 Å². The van der Waals surface area contributed by atoms with E-state index in [0.29, 0.717) is 6.54 Å². The molecule has 154 valence electrons. The number of ether oxygens (including phenoxy) is 2. The summed E-state index contributed by atoms with van der Waals surface area (Å²) < 4.78 is 10.6. The Kier molecular flexibility index (Phi) is 6.99. The Labute approximate surface area is 164 Å². The molecule has 0 spiro atoms. The maximum absolute atomic E-state index is 12.5. The average Bonchev–Trinajstić information content (AvgIpc) is 2.60. The molecular weight excluding hydrogens is 364 g/mol. The summed E-state index contributed by atoms with van der Waals surface area (Å²) in [5, 5.41) is 13.5. The van der Waals surface area contributed by atoms with Gasteiger partial charge in [0.2, 0.25) is 0 Å². The standard InChI is InChI=1S/C20H28N2O6/c1-19(2,3)28-18(24)21-14-20(11-5-4-6-12-20)13-17(23)27-16-9-7-15(8-10-16)22(25)26/h7-10H,4-6,11-14H2,1-3H3,(H,21,24). The maximum Gasteiger partial charge on any atom is 0.407 e. The average molecular weight is 392 g/mol.